The van der Waals surface area contributed by atoms with Gasteiger partial charge in [0, 0.05) is 43.8 Å². The Morgan fingerprint density at radius 1 is 0.967 bits per heavy atom. The molecular formula is C23H22N6O. The molecule has 0 bridgehead atoms. The van der Waals surface area contributed by atoms with Crippen molar-refractivity contribution in [2.45, 2.75) is 25.9 Å². The van der Waals surface area contributed by atoms with E-state index in [4.69, 9.17) is 9.97 Å². The quantitative estimate of drug-likeness (QED) is 0.426. The van der Waals surface area contributed by atoms with Gasteiger partial charge in [0.25, 0.3) is 0 Å². The Labute approximate surface area is 173 Å². The van der Waals surface area contributed by atoms with Crippen LogP contribution < -0.4 is 5.32 Å². The number of hydrogen-bond acceptors (Lipinski definition) is 4. The van der Waals surface area contributed by atoms with Gasteiger partial charge in [-0.15, -0.1) is 0 Å². The maximum atomic E-state index is 12.4. The van der Waals surface area contributed by atoms with Crippen molar-refractivity contribution >= 4 is 39.0 Å². The zero-order valence-electron chi connectivity index (χ0n) is 16.5. The molecule has 0 unspecified atom stereocenters. The Kier molecular flexibility index (Phi) is 4.85. The van der Waals surface area contributed by atoms with E-state index in [1.807, 2.05) is 47.2 Å². The highest BCUT2D eigenvalue weighted by Gasteiger charge is 2.15. The molecule has 5 rings (SSSR count). The third-order valence-corrected chi connectivity index (χ3v) is 5.29. The van der Waals surface area contributed by atoms with Crippen LogP contribution in [0.15, 0.2) is 67.3 Å². The lowest BCUT2D eigenvalue weighted by Crippen LogP contribution is -2.26. The van der Waals surface area contributed by atoms with Crippen molar-refractivity contribution in [3.63, 3.8) is 0 Å². The van der Waals surface area contributed by atoms with Gasteiger partial charge >= 0.3 is 0 Å². The molecule has 0 spiro atoms. The van der Waals surface area contributed by atoms with Gasteiger partial charge in [0.05, 0.1) is 22.9 Å². The van der Waals surface area contributed by atoms with E-state index in [1.54, 1.807) is 12.5 Å². The second-order valence-corrected chi connectivity index (χ2v) is 7.31. The molecule has 0 radical (unpaired) electrons. The third-order valence-electron chi connectivity index (χ3n) is 5.29. The van der Waals surface area contributed by atoms with Crippen LogP contribution in [0.4, 0.5) is 0 Å². The Bertz CT molecular complexity index is 1320. The Morgan fingerprint density at radius 3 is 2.60 bits per heavy atom. The van der Waals surface area contributed by atoms with Crippen molar-refractivity contribution in [1.82, 2.24) is 29.4 Å². The Morgan fingerprint density at radius 2 is 1.77 bits per heavy atom. The first kappa shape index (κ1) is 18.3. The van der Waals surface area contributed by atoms with E-state index in [0.717, 1.165) is 46.1 Å². The zero-order valence-corrected chi connectivity index (χ0v) is 16.5. The average Bonchev–Trinajstić information content (AvgIpc) is 3.40. The van der Waals surface area contributed by atoms with E-state index in [9.17, 15) is 4.79 Å². The maximum Gasteiger partial charge on any atom is 0.221 e. The minimum atomic E-state index is 0.0420. The minimum absolute atomic E-state index is 0.0420. The van der Waals surface area contributed by atoms with Crippen LogP contribution in [-0.4, -0.2) is 36.5 Å². The largest absolute Gasteiger partial charge is 0.356 e. The van der Waals surface area contributed by atoms with Crippen molar-refractivity contribution in [2.75, 3.05) is 6.54 Å². The molecule has 0 aliphatic heterocycles. The first-order valence-electron chi connectivity index (χ1n) is 10.2. The van der Waals surface area contributed by atoms with Gasteiger partial charge in [-0.3, -0.25) is 4.79 Å². The standard InChI is InChI=1S/C23H22N6O/c30-21(25-11-5-13-28-15-12-24-16-28)10-14-29-20-9-4-1-6-17(20)22-23(29)27-19-8-3-2-7-18(19)26-22/h1-4,6-9,12,15-16H,5,10-11,13-14H2,(H,25,30). The normalized spacial score (nSPS) is 11.5. The summed E-state index contributed by atoms with van der Waals surface area (Å²) in [6, 6.07) is 16.0. The molecule has 150 valence electrons. The summed E-state index contributed by atoms with van der Waals surface area (Å²) in [5, 5.41) is 4.07. The number of carbonyl (C=O) groups is 1. The number of hydrogen-bond donors (Lipinski definition) is 1. The van der Waals surface area contributed by atoms with Crippen LogP contribution in [0.5, 0.6) is 0 Å². The third kappa shape index (κ3) is 3.50. The van der Waals surface area contributed by atoms with Gasteiger partial charge in [-0.05, 0) is 24.6 Å². The smallest absolute Gasteiger partial charge is 0.221 e. The van der Waals surface area contributed by atoms with Crippen LogP contribution in [-0.2, 0) is 17.9 Å². The molecule has 30 heavy (non-hydrogen) atoms. The van der Waals surface area contributed by atoms with E-state index >= 15 is 0 Å². The zero-order chi connectivity index (χ0) is 20.3. The molecule has 0 atom stereocenters. The molecule has 3 heterocycles. The van der Waals surface area contributed by atoms with E-state index in [2.05, 4.69) is 27.0 Å². The summed E-state index contributed by atoms with van der Waals surface area (Å²) in [6.45, 7) is 2.05. The fraction of sp³-hybridized carbons (Fsp3) is 0.217. The van der Waals surface area contributed by atoms with E-state index < -0.39 is 0 Å². The number of aryl methyl sites for hydroxylation is 2. The molecule has 0 aliphatic carbocycles. The first-order valence-corrected chi connectivity index (χ1v) is 10.2. The van der Waals surface area contributed by atoms with Crippen LogP contribution in [0.1, 0.15) is 12.8 Å². The van der Waals surface area contributed by atoms with Crippen molar-refractivity contribution in [3.05, 3.63) is 67.3 Å². The fourth-order valence-corrected chi connectivity index (χ4v) is 3.82. The summed E-state index contributed by atoms with van der Waals surface area (Å²) in [5.41, 5.74) is 4.49. The highest BCUT2D eigenvalue weighted by atomic mass is 16.1. The molecule has 0 aliphatic rings. The van der Waals surface area contributed by atoms with Crippen LogP contribution in [0.3, 0.4) is 0 Å². The lowest BCUT2D eigenvalue weighted by molar-refractivity contribution is -0.121. The average molecular weight is 398 g/mol. The van der Waals surface area contributed by atoms with Gasteiger partial charge in [0.1, 0.15) is 5.52 Å². The number of imidazole rings is 1. The summed E-state index contributed by atoms with van der Waals surface area (Å²) in [7, 11) is 0. The monoisotopic (exact) mass is 398 g/mol. The predicted molar refractivity (Wildman–Crippen MR) is 117 cm³/mol. The van der Waals surface area contributed by atoms with Gasteiger partial charge in [-0.1, -0.05) is 30.3 Å². The number of nitrogens with zero attached hydrogens (tertiary/aromatic N) is 5. The molecule has 7 heteroatoms. The molecule has 3 aromatic heterocycles. The van der Waals surface area contributed by atoms with Crippen molar-refractivity contribution in [3.8, 4) is 0 Å². The van der Waals surface area contributed by atoms with E-state index in [0.29, 0.717) is 19.5 Å². The molecule has 7 nitrogen and oxygen atoms in total. The molecular weight excluding hydrogens is 376 g/mol. The summed E-state index contributed by atoms with van der Waals surface area (Å²) in [6.07, 6.45) is 6.74. The van der Waals surface area contributed by atoms with Crippen molar-refractivity contribution in [2.24, 2.45) is 0 Å². The topological polar surface area (TPSA) is 77.6 Å². The second kappa shape index (κ2) is 7.94. The van der Waals surface area contributed by atoms with Gasteiger partial charge in [-0.2, -0.15) is 0 Å². The van der Waals surface area contributed by atoms with E-state index in [1.165, 1.54) is 0 Å². The number of aromatic nitrogens is 5. The summed E-state index contributed by atoms with van der Waals surface area (Å²) >= 11 is 0. The van der Waals surface area contributed by atoms with Crippen molar-refractivity contribution < 1.29 is 4.79 Å². The molecule has 1 amide bonds. The molecule has 5 aromatic rings. The van der Waals surface area contributed by atoms with E-state index in [-0.39, 0.29) is 5.91 Å². The van der Waals surface area contributed by atoms with Crippen LogP contribution in [0, 0.1) is 0 Å². The number of amides is 1. The van der Waals surface area contributed by atoms with Crippen LogP contribution >= 0.6 is 0 Å². The highest BCUT2D eigenvalue weighted by Crippen LogP contribution is 2.28. The number of benzene rings is 2. The first-order chi connectivity index (χ1) is 14.8. The minimum Gasteiger partial charge on any atom is -0.356 e. The second-order valence-electron chi connectivity index (χ2n) is 7.31. The summed E-state index contributed by atoms with van der Waals surface area (Å²) < 4.78 is 4.11. The molecule has 2 aromatic carbocycles. The lowest BCUT2D eigenvalue weighted by Gasteiger charge is -2.08. The van der Waals surface area contributed by atoms with Crippen LogP contribution in [0.25, 0.3) is 33.1 Å². The van der Waals surface area contributed by atoms with Gasteiger partial charge in [-0.25, -0.2) is 15.0 Å². The number of rotatable bonds is 7. The SMILES string of the molecule is O=C(CCn1c2ccccc2c2nc3ccccc3nc21)NCCCn1ccnc1. The van der Waals surface area contributed by atoms with Crippen molar-refractivity contribution in [1.29, 1.82) is 0 Å². The maximum absolute atomic E-state index is 12.4. The van der Waals surface area contributed by atoms with Gasteiger partial charge in [0.2, 0.25) is 5.91 Å². The Balaban J connectivity index is 1.34. The number of fused-ring (bicyclic) bond motifs is 4. The fourth-order valence-electron chi connectivity index (χ4n) is 3.82. The number of nitrogens with one attached hydrogen (secondary N) is 1. The number of carbonyl (C=O) groups excluding carboxylic acids is 1. The number of para-hydroxylation sites is 3. The van der Waals surface area contributed by atoms with Crippen LogP contribution in [0.2, 0.25) is 0 Å². The van der Waals surface area contributed by atoms with Gasteiger partial charge in [0.15, 0.2) is 5.65 Å². The molecule has 0 saturated carbocycles. The van der Waals surface area contributed by atoms with Gasteiger partial charge < -0.3 is 14.5 Å². The summed E-state index contributed by atoms with van der Waals surface area (Å²) in [5.74, 6) is 0.0420. The molecule has 0 saturated heterocycles. The summed E-state index contributed by atoms with van der Waals surface area (Å²) in [4.78, 5) is 26.1. The predicted octanol–water partition coefficient (Wildman–Crippen LogP) is 3.53. The molecule has 1 N–H and O–H groups in total. The molecule has 0 fully saturated rings. The lowest BCUT2D eigenvalue weighted by atomic mass is 10.2. The highest BCUT2D eigenvalue weighted by molar-refractivity contribution is 6.06. The Hall–Kier alpha value is -3.74.